The lowest BCUT2D eigenvalue weighted by molar-refractivity contribution is -0.142. The van der Waals surface area contributed by atoms with Gasteiger partial charge in [0.1, 0.15) is 0 Å². The molecule has 15 heavy (non-hydrogen) atoms. The summed E-state index contributed by atoms with van der Waals surface area (Å²) in [6, 6.07) is 9.31. The van der Waals surface area contributed by atoms with E-state index in [0.717, 1.165) is 18.4 Å². The summed E-state index contributed by atoms with van der Waals surface area (Å²) in [4.78, 5) is 11.2. The first-order valence-corrected chi connectivity index (χ1v) is 4.94. The zero-order valence-electron chi connectivity index (χ0n) is 8.23. The number of carboxylic acid groups (broad SMARTS) is 1. The zero-order valence-corrected chi connectivity index (χ0v) is 8.23. The van der Waals surface area contributed by atoms with Crippen molar-refractivity contribution in [1.29, 1.82) is 5.26 Å². The number of nitrogens with zero attached hydrogens (tertiary/aromatic N) is 1. The van der Waals surface area contributed by atoms with Gasteiger partial charge in [-0.2, -0.15) is 5.26 Å². The van der Waals surface area contributed by atoms with Crippen LogP contribution >= 0.6 is 0 Å². The normalized spacial score (nSPS) is 23.9. The van der Waals surface area contributed by atoms with E-state index in [0.29, 0.717) is 12.0 Å². The highest BCUT2D eigenvalue weighted by Crippen LogP contribution is 2.37. The molecule has 1 aliphatic carbocycles. The van der Waals surface area contributed by atoms with Crippen molar-refractivity contribution in [3.63, 3.8) is 0 Å². The Bertz CT molecular complexity index is 447. The Morgan fingerprint density at radius 2 is 2.20 bits per heavy atom. The van der Waals surface area contributed by atoms with Crippen molar-refractivity contribution >= 4 is 5.97 Å². The van der Waals surface area contributed by atoms with Crippen LogP contribution in [0.2, 0.25) is 0 Å². The molecule has 1 atom stereocenters. The van der Waals surface area contributed by atoms with Gasteiger partial charge in [0.2, 0.25) is 0 Å². The van der Waals surface area contributed by atoms with Gasteiger partial charge in [0.25, 0.3) is 0 Å². The second-order valence-corrected chi connectivity index (χ2v) is 3.83. The van der Waals surface area contributed by atoms with Gasteiger partial charge >= 0.3 is 5.97 Å². The minimum atomic E-state index is -1.32. The lowest BCUT2D eigenvalue weighted by Crippen LogP contribution is -2.37. The number of hydrogen-bond acceptors (Lipinski definition) is 2. The molecule has 0 heterocycles. The number of carbonyl (C=O) groups is 1. The van der Waals surface area contributed by atoms with Gasteiger partial charge in [-0.05, 0) is 30.4 Å². The molecule has 3 heteroatoms. The molecule has 0 fully saturated rings. The lowest BCUT2D eigenvalue weighted by atomic mass is 9.71. The maximum absolute atomic E-state index is 11.2. The smallest absolute Gasteiger partial charge is 0.328 e. The minimum absolute atomic E-state index is 0.413. The van der Waals surface area contributed by atoms with Gasteiger partial charge in [-0.1, -0.05) is 24.3 Å². The van der Waals surface area contributed by atoms with Crippen molar-refractivity contribution in [2.45, 2.75) is 24.7 Å². The molecule has 3 nitrogen and oxygen atoms in total. The number of aryl methyl sites for hydroxylation is 1. The molecular formula is C12H11NO2. The Balaban J connectivity index is 2.63. The van der Waals surface area contributed by atoms with Crippen LogP contribution in [0.5, 0.6) is 0 Å². The van der Waals surface area contributed by atoms with Crippen molar-refractivity contribution in [3.8, 4) is 6.07 Å². The molecule has 0 saturated heterocycles. The average molecular weight is 201 g/mol. The predicted octanol–water partition coefficient (Wildman–Crippen LogP) is 1.87. The second-order valence-electron chi connectivity index (χ2n) is 3.83. The molecule has 76 valence electrons. The predicted molar refractivity (Wildman–Crippen MR) is 54.3 cm³/mol. The van der Waals surface area contributed by atoms with Gasteiger partial charge < -0.3 is 5.11 Å². The third-order valence-corrected chi connectivity index (χ3v) is 3.03. The summed E-state index contributed by atoms with van der Waals surface area (Å²) in [7, 11) is 0. The van der Waals surface area contributed by atoms with Crippen LogP contribution in [0.4, 0.5) is 0 Å². The maximum atomic E-state index is 11.2. The Hall–Kier alpha value is -1.82. The first-order valence-electron chi connectivity index (χ1n) is 4.94. The fourth-order valence-electron chi connectivity index (χ4n) is 2.22. The van der Waals surface area contributed by atoms with Crippen LogP contribution in [-0.2, 0) is 16.6 Å². The quantitative estimate of drug-likeness (QED) is 0.754. The minimum Gasteiger partial charge on any atom is -0.480 e. The molecule has 0 spiro atoms. The zero-order chi connectivity index (χ0) is 10.9. The summed E-state index contributed by atoms with van der Waals surface area (Å²) < 4.78 is 0. The van der Waals surface area contributed by atoms with E-state index in [9.17, 15) is 9.90 Å². The first kappa shape index (κ1) is 9.72. The average Bonchev–Trinajstić information content (AvgIpc) is 2.28. The molecule has 1 aromatic rings. The van der Waals surface area contributed by atoms with E-state index in [1.54, 1.807) is 12.1 Å². The molecule has 2 rings (SSSR count). The summed E-state index contributed by atoms with van der Waals surface area (Å²) in [6.45, 7) is 0. The highest BCUT2D eigenvalue weighted by molar-refractivity contribution is 5.86. The summed E-state index contributed by atoms with van der Waals surface area (Å²) >= 11 is 0. The fourth-order valence-corrected chi connectivity index (χ4v) is 2.22. The molecule has 0 bridgehead atoms. The van der Waals surface area contributed by atoms with Crippen LogP contribution in [0.3, 0.4) is 0 Å². The largest absolute Gasteiger partial charge is 0.480 e. The van der Waals surface area contributed by atoms with Crippen LogP contribution < -0.4 is 0 Å². The van der Waals surface area contributed by atoms with Gasteiger partial charge in [-0.15, -0.1) is 0 Å². The first-order chi connectivity index (χ1) is 7.20. The number of carboxylic acids is 1. The van der Waals surface area contributed by atoms with E-state index < -0.39 is 11.4 Å². The number of benzene rings is 1. The number of aliphatic carboxylic acids is 1. The van der Waals surface area contributed by atoms with E-state index >= 15 is 0 Å². The molecule has 1 aliphatic rings. The van der Waals surface area contributed by atoms with Crippen molar-refractivity contribution in [1.82, 2.24) is 0 Å². The highest BCUT2D eigenvalue weighted by Gasteiger charge is 2.43. The molecule has 0 aliphatic heterocycles. The van der Waals surface area contributed by atoms with E-state index in [2.05, 4.69) is 0 Å². The molecule has 0 saturated carbocycles. The number of rotatable bonds is 1. The van der Waals surface area contributed by atoms with Gasteiger partial charge in [0, 0.05) is 0 Å². The van der Waals surface area contributed by atoms with Gasteiger partial charge in [0.05, 0.1) is 6.07 Å². The van der Waals surface area contributed by atoms with Crippen LogP contribution in [0.15, 0.2) is 24.3 Å². The standard InChI is InChI=1S/C12H11NO2/c13-8-12(11(14)15)7-3-5-9-4-1-2-6-10(9)12/h1-2,4,6H,3,5,7H2,(H,14,15). The maximum Gasteiger partial charge on any atom is 0.328 e. The number of nitriles is 1. The van der Waals surface area contributed by atoms with Crippen molar-refractivity contribution < 1.29 is 9.90 Å². The van der Waals surface area contributed by atoms with E-state index in [1.807, 2.05) is 18.2 Å². The molecule has 0 radical (unpaired) electrons. The Kier molecular flexibility index (Phi) is 2.20. The lowest BCUT2D eigenvalue weighted by Gasteiger charge is -2.29. The monoisotopic (exact) mass is 201 g/mol. The summed E-state index contributed by atoms with van der Waals surface area (Å²) in [6.07, 6.45) is 2.04. The molecule has 0 amide bonds. The summed E-state index contributed by atoms with van der Waals surface area (Å²) in [5, 5.41) is 18.3. The third-order valence-electron chi connectivity index (χ3n) is 3.03. The fraction of sp³-hybridized carbons (Fsp3) is 0.333. The van der Waals surface area contributed by atoms with Crippen LogP contribution in [0.25, 0.3) is 0 Å². The van der Waals surface area contributed by atoms with E-state index in [4.69, 9.17) is 5.26 Å². The third kappa shape index (κ3) is 1.30. The summed E-state index contributed by atoms with van der Waals surface area (Å²) in [5.41, 5.74) is 0.341. The molecular weight excluding hydrogens is 190 g/mol. The van der Waals surface area contributed by atoms with Gasteiger partial charge in [-0.25, -0.2) is 0 Å². The molecule has 1 unspecified atom stereocenters. The van der Waals surface area contributed by atoms with Gasteiger partial charge in [-0.3, -0.25) is 4.79 Å². The molecule has 1 N–H and O–H groups in total. The number of hydrogen-bond donors (Lipinski definition) is 1. The van der Waals surface area contributed by atoms with Crippen LogP contribution in [-0.4, -0.2) is 11.1 Å². The Morgan fingerprint density at radius 1 is 1.47 bits per heavy atom. The molecule has 1 aromatic carbocycles. The molecule has 0 aromatic heterocycles. The second kappa shape index (κ2) is 3.39. The van der Waals surface area contributed by atoms with Gasteiger partial charge in [0.15, 0.2) is 5.41 Å². The van der Waals surface area contributed by atoms with E-state index in [-0.39, 0.29) is 0 Å². The van der Waals surface area contributed by atoms with Crippen molar-refractivity contribution in [2.24, 2.45) is 0 Å². The van der Waals surface area contributed by atoms with Crippen molar-refractivity contribution in [3.05, 3.63) is 35.4 Å². The Labute approximate surface area is 88.0 Å². The topological polar surface area (TPSA) is 61.1 Å². The number of fused-ring (bicyclic) bond motifs is 1. The SMILES string of the molecule is N#CC1(C(=O)O)CCCc2ccccc21. The Morgan fingerprint density at radius 3 is 2.87 bits per heavy atom. The van der Waals surface area contributed by atoms with E-state index in [1.165, 1.54) is 0 Å². The van der Waals surface area contributed by atoms with Crippen LogP contribution in [0.1, 0.15) is 24.0 Å². The van der Waals surface area contributed by atoms with Crippen molar-refractivity contribution in [2.75, 3.05) is 0 Å². The highest BCUT2D eigenvalue weighted by atomic mass is 16.4. The van der Waals surface area contributed by atoms with Crippen LogP contribution in [0, 0.1) is 11.3 Å². The summed E-state index contributed by atoms with van der Waals surface area (Å²) in [5.74, 6) is -1.03.